The first-order valence-electron chi connectivity index (χ1n) is 6.15. The van der Waals surface area contributed by atoms with E-state index in [1.165, 1.54) is 5.56 Å². The third kappa shape index (κ3) is 3.37. The molecule has 2 aromatic carbocycles. The molecule has 2 rings (SSSR count). The Bertz CT molecular complexity index is 572. The lowest BCUT2D eigenvalue weighted by atomic mass is 9.97. The maximum Gasteiger partial charge on any atom is 0.0724 e. The molecule has 19 heavy (non-hydrogen) atoms. The highest BCUT2D eigenvalue weighted by molar-refractivity contribution is 9.10. The lowest BCUT2D eigenvalue weighted by molar-refractivity contribution is 0.636. The molecule has 0 radical (unpaired) electrons. The minimum Gasteiger partial charge on any atom is -0.271 e. The Morgan fingerprint density at radius 1 is 1.26 bits per heavy atom. The van der Waals surface area contributed by atoms with Gasteiger partial charge < -0.3 is 0 Å². The van der Waals surface area contributed by atoms with Gasteiger partial charge in [-0.1, -0.05) is 64.8 Å². The molecule has 2 aromatic rings. The number of halogens is 2. The molecule has 3 N–H and O–H groups in total. The summed E-state index contributed by atoms with van der Waals surface area (Å²) in [4.78, 5) is 0. The van der Waals surface area contributed by atoms with Gasteiger partial charge in [0.1, 0.15) is 0 Å². The minimum absolute atomic E-state index is 0.105. The summed E-state index contributed by atoms with van der Waals surface area (Å²) in [5.41, 5.74) is 6.22. The largest absolute Gasteiger partial charge is 0.271 e. The van der Waals surface area contributed by atoms with Crippen molar-refractivity contribution in [2.24, 2.45) is 5.84 Å². The standard InChI is InChI=1S/C15H16BrClN2/c1-2-10-4-3-5-11(8-10)15(19-18)13-7-6-12(16)9-14(13)17/h3-9,15,19H,2,18H2,1H3. The van der Waals surface area contributed by atoms with Crippen molar-refractivity contribution in [2.75, 3.05) is 0 Å². The second-order valence-corrected chi connectivity index (χ2v) is 5.69. The molecule has 0 heterocycles. The number of nitrogens with two attached hydrogens (primary N) is 1. The normalized spacial score (nSPS) is 12.4. The third-order valence-electron chi connectivity index (χ3n) is 3.13. The van der Waals surface area contributed by atoms with Crippen molar-refractivity contribution in [1.82, 2.24) is 5.43 Å². The summed E-state index contributed by atoms with van der Waals surface area (Å²) < 4.78 is 0.958. The number of hydrazine groups is 1. The molecule has 1 atom stereocenters. The maximum atomic E-state index is 6.30. The molecular weight excluding hydrogens is 324 g/mol. The van der Waals surface area contributed by atoms with Crippen LogP contribution in [0, 0.1) is 0 Å². The first kappa shape index (κ1) is 14.5. The monoisotopic (exact) mass is 338 g/mol. The van der Waals surface area contributed by atoms with Gasteiger partial charge in [0, 0.05) is 9.50 Å². The summed E-state index contributed by atoms with van der Waals surface area (Å²) in [6.07, 6.45) is 0.999. The fraction of sp³-hybridized carbons (Fsp3) is 0.200. The molecule has 4 heteroatoms. The van der Waals surface area contributed by atoms with E-state index in [0.717, 1.165) is 22.0 Å². The smallest absolute Gasteiger partial charge is 0.0724 e. The van der Waals surface area contributed by atoms with Crippen LogP contribution in [0.5, 0.6) is 0 Å². The summed E-state index contributed by atoms with van der Waals surface area (Å²) in [5.74, 6) is 5.71. The van der Waals surface area contributed by atoms with E-state index in [1.807, 2.05) is 24.3 Å². The fourth-order valence-corrected chi connectivity index (χ4v) is 2.88. The average molecular weight is 340 g/mol. The topological polar surface area (TPSA) is 38.0 Å². The number of aryl methyl sites for hydroxylation is 1. The van der Waals surface area contributed by atoms with Gasteiger partial charge in [0.05, 0.1) is 6.04 Å². The highest BCUT2D eigenvalue weighted by Crippen LogP contribution is 2.30. The van der Waals surface area contributed by atoms with Crippen LogP contribution in [0.3, 0.4) is 0 Å². The molecule has 0 amide bonds. The van der Waals surface area contributed by atoms with E-state index >= 15 is 0 Å². The van der Waals surface area contributed by atoms with Crippen LogP contribution < -0.4 is 11.3 Å². The summed E-state index contributed by atoms with van der Waals surface area (Å²) in [7, 11) is 0. The van der Waals surface area contributed by atoms with Gasteiger partial charge in [-0.05, 0) is 35.2 Å². The van der Waals surface area contributed by atoms with E-state index in [-0.39, 0.29) is 6.04 Å². The van der Waals surface area contributed by atoms with Crippen molar-refractivity contribution < 1.29 is 0 Å². The van der Waals surface area contributed by atoms with Crippen molar-refractivity contribution >= 4 is 27.5 Å². The van der Waals surface area contributed by atoms with Crippen LogP contribution in [0.2, 0.25) is 5.02 Å². The number of benzene rings is 2. The zero-order chi connectivity index (χ0) is 13.8. The molecular formula is C15H16BrClN2. The van der Waals surface area contributed by atoms with E-state index in [4.69, 9.17) is 17.4 Å². The van der Waals surface area contributed by atoms with Crippen molar-refractivity contribution in [3.8, 4) is 0 Å². The van der Waals surface area contributed by atoms with Crippen LogP contribution in [0.15, 0.2) is 46.9 Å². The Labute approximate surface area is 127 Å². The van der Waals surface area contributed by atoms with Crippen LogP contribution in [-0.4, -0.2) is 0 Å². The van der Waals surface area contributed by atoms with E-state index in [0.29, 0.717) is 5.02 Å². The quantitative estimate of drug-likeness (QED) is 0.646. The predicted octanol–water partition coefficient (Wildman–Crippen LogP) is 4.22. The summed E-state index contributed by atoms with van der Waals surface area (Å²) in [6, 6.07) is 14.1. The van der Waals surface area contributed by atoms with Crippen LogP contribution in [-0.2, 0) is 6.42 Å². The van der Waals surface area contributed by atoms with E-state index in [9.17, 15) is 0 Å². The van der Waals surface area contributed by atoms with Crippen molar-refractivity contribution in [3.63, 3.8) is 0 Å². The summed E-state index contributed by atoms with van der Waals surface area (Å²) >= 11 is 9.71. The zero-order valence-corrected chi connectivity index (χ0v) is 13.0. The fourth-order valence-electron chi connectivity index (χ4n) is 2.09. The first-order valence-corrected chi connectivity index (χ1v) is 7.32. The van der Waals surface area contributed by atoms with Gasteiger partial charge >= 0.3 is 0 Å². The van der Waals surface area contributed by atoms with Crippen LogP contribution >= 0.6 is 27.5 Å². The van der Waals surface area contributed by atoms with Gasteiger partial charge in [-0.3, -0.25) is 5.84 Å². The van der Waals surface area contributed by atoms with Gasteiger partial charge in [-0.15, -0.1) is 0 Å². The predicted molar refractivity (Wildman–Crippen MR) is 84.1 cm³/mol. The molecule has 1 unspecified atom stereocenters. The van der Waals surface area contributed by atoms with Gasteiger partial charge in [0.25, 0.3) is 0 Å². The van der Waals surface area contributed by atoms with Gasteiger partial charge in [0.2, 0.25) is 0 Å². The molecule has 0 saturated carbocycles. The molecule has 2 nitrogen and oxygen atoms in total. The van der Waals surface area contributed by atoms with Gasteiger partial charge in [-0.25, -0.2) is 5.43 Å². The van der Waals surface area contributed by atoms with Crippen LogP contribution in [0.25, 0.3) is 0 Å². The summed E-state index contributed by atoms with van der Waals surface area (Å²) in [5, 5.41) is 0.694. The zero-order valence-electron chi connectivity index (χ0n) is 10.7. The molecule has 0 fully saturated rings. The lowest BCUT2D eigenvalue weighted by Crippen LogP contribution is -2.29. The Balaban J connectivity index is 2.43. The molecule has 0 aliphatic rings. The van der Waals surface area contributed by atoms with Gasteiger partial charge in [-0.2, -0.15) is 0 Å². The molecule has 0 saturated heterocycles. The van der Waals surface area contributed by atoms with Gasteiger partial charge in [0.15, 0.2) is 0 Å². The Hall–Kier alpha value is -0.870. The highest BCUT2D eigenvalue weighted by Gasteiger charge is 2.15. The van der Waals surface area contributed by atoms with E-state index in [2.05, 4.69) is 46.5 Å². The SMILES string of the molecule is CCc1cccc(C(NN)c2ccc(Br)cc2Cl)c1. The van der Waals surface area contributed by atoms with E-state index in [1.54, 1.807) is 0 Å². The van der Waals surface area contributed by atoms with Crippen molar-refractivity contribution in [1.29, 1.82) is 0 Å². The second kappa shape index (κ2) is 6.53. The average Bonchev–Trinajstić information content (AvgIpc) is 2.42. The Morgan fingerprint density at radius 2 is 2.05 bits per heavy atom. The Kier molecular flexibility index (Phi) is 4.99. The Morgan fingerprint density at radius 3 is 2.68 bits per heavy atom. The minimum atomic E-state index is -0.105. The highest BCUT2D eigenvalue weighted by atomic mass is 79.9. The van der Waals surface area contributed by atoms with Crippen LogP contribution in [0.4, 0.5) is 0 Å². The molecule has 0 spiro atoms. The van der Waals surface area contributed by atoms with Crippen molar-refractivity contribution in [3.05, 3.63) is 68.7 Å². The first-order chi connectivity index (χ1) is 9.15. The van der Waals surface area contributed by atoms with E-state index < -0.39 is 0 Å². The molecule has 0 aliphatic heterocycles. The number of hydrogen-bond acceptors (Lipinski definition) is 2. The number of nitrogens with one attached hydrogen (secondary N) is 1. The van der Waals surface area contributed by atoms with Crippen molar-refractivity contribution in [2.45, 2.75) is 19.4 Å². The lowest BCUT2D eigenvalue weighted by Gasteiger charge is -2.19. The maximum absolute atomic E-state index is 6.30. The van der Waals surface area contributed by atoms with Crippen LogP contribution in [0.1, 0.15) is 29.7 Å². The number of rotatable bonds is 4. The molecule has 0 bridgehead atoms. The molecule has 100 valence electrons. The third-order valence-corrected chi connectivity index (χ3v) is 3.95. The summed E-state index contributed by atoms with van der Waals surface area (Å²) in [6.45, 7) is 2.14. The molecule has 0 aliphatic carbocycles. The second-order valence-electron chi connectivity index (χ2n) is 4.36. The molecule has 0 aromatic heterocycles. The number of hydrogen-bond donors (Lipinski definition) is 2.